The van der Waals surface area contributed by atoms with Crippen LogP contribution in [0.5, 0.6) is 11.8 Å². The monoisotopic (exact) mass is 394 g/mol. The second kappa shape index (κ2) is 7.07. The van der Waals surface area contributed by atoms with Crippen molar-refractivity contribution in [2.24, 2.45) is 5.92 Å². The minimum absolute atomic E-state index is 0.0330. The van der Waals surface area contributed by atoms with Crippen molar-refractivity contribution in [1.29, 1.82) is 0 Å². The largest absolute Gasteiger partial charge is 0.463 e. The van der Waals surface area contributed by atoms with E-state index in [2.05, 4.69) is 19.7 Å². The Kier molecular flexibility index (Phi) is 4.61. The van der Waals surface area contributed by atoms with Crippen LogP contribution in [0.1, 0.15) is 12.8 Å². The smallest absolute Gasteiger partial charge is 0.387 e. The maximum absolute atomic E-state index is 12.5. The van der Waals surface area contributed by atoms with Crippen molar-refractivity contribution >= 4 is 22.8 Å². The molecule has 2 aromatic heterocycles. The lowest BCUT2D eigenvalue weighted by atomic mass is 10.3. The van der Waals surface area contributed by atoms with Gasteiger partial charge in [-0.05, 0) is 43.0 Å². The van der Waals surface area contributed by atoms with Crippen molar-refractivity contribution in [2.75, 3.05) is 6.61 Å². The van der Waals surface area contributed by atoms with Gasteiger partial charge in [-0.3, -0.25) is 9.36 Å². The fourth-order valence-electron chi connectivity index (χ4n) is 2.50. The molecule has 1 aliphatic carbocycles. The first-order valence-corrected chi connectivity index (χ1v) is 8.52. The van der Waals surface area contributed by atoms with Gasteiger partial charge >= 0.3 is 12.6 Å². The Morgan fingerprint density at radius 3 is 2.63 bits per heavy atom. The van der Waals surface area contributed by atoms with E-state index in [4.69, 9.17) is 16.3 Å². The molecule has 0 aliphatic heterocycles. The van der Waals surface area contributed by atoms with Crippen molar-refractivity contribution in [1.82, 2.24) is 19.5 Å². The first-order valence-electron chi connectivity index (χ1n) is 8.14. The van der Waals surface area contributed by atoms with E-state index in [0.29, 0.717) is 23.7 Å². The minimum Gasteiger partial charge on any atom is -0.463 e. The number of fused-ring (bicyclic) bond motifs is 1. The second-order valence-electron chi connectivity index (χ2n) is 6.03. The summed E-state index contributed by atoms with van der Waals surface area (Å²) in [5.74, 6) is 0.478. The molecule has 0 unspecified atom stereocenters. The Hall–Kier alpha value is -2.81. The van der Waals surface area contributed by atoms with Crippen LogP contribution in [0.4, 0.5) is 8.78 Å². The van der Waals surface area contributed by atoms with Gasteiger partial charge < -0.3 is 9.47 Å². The molecule has 2 heterocycles. The summed E-state index contributed by atoms with van der Waals surface area (Å²) in [4.78, 5) is 24.9. The fraction of sp³-hybridized carbons (Fsp3) is 0.294. The lowest BCUT2D eigenvalue weighted by molar-refractivity contribution is -0.0498. The molecule has 1 fully saturated rings. The molecule has 0 N–H and O–H groups in total. The van der Waals surface area contributed by atoms with E-state index in [1.54, 1.807) is 0 Å². The van der Waals surface area contributed by atoms with Gasteiger partial charge in [0, 0.05) is 0 Å². The van der Waals surface area contributed by atoms with Gasteiger partial charge in [0.05, 0.1) is 18.5 Å². The molecule has 0 amide bonds. The SMILES string of the molecule is O=c1c(Cl)nc2cnc(OCC3CC3)nc2n1-c1ccc(OC(F)F)cc1. The summed E-state index contributed by atoms with van der Waals surface area (Å²) in [5.41, 5.74) is 0.264. The van der Waals surface area contributed by atoms with Crippen molar-refractivity contribution in [3.63, 3.8) is 0 Å². The molecule has 0 radical (unpaired) electrons. The fourth-order valence-corrected chi connectivity index (χ4v) is 2.67. The molecular weight excluding hydrogens is 382 g/mol. The van der Waals surface area contributed by atoms with E-state index in [1.165, 1.54) is 35.0 Å². The number of nitrogens with zero attached hydrogens (tertiary/aromatic N) is 4. The van der Waals surface area contributed by atoms with Crippen LogP contribution in [0.3, 0.4) is 0 Å². The quantitative estimate of drug-likeness (QED) is 0.638. The summed E-state index contributed by atoms with van der Waals surface area (Å²) in [6.45, 7) is -2.43. The molecule has 0 bridgehead atoms. The van der Waals surface area contributed by atoms with Crippen LogP contribution in [0.25, 0.3) is 16.9 Å². The first-order chi connectivity index (χ1) is 13.0. The van der Waals surface area contributed by atoms with E-state index < -0.39 is 12.2 Å². The minimum atomic E-state index is -2.94. The molecule has 1 saturated carbocycles. The third-order valence-electron chi connectivity index (χ3n) is 4.00. The van der Waals surface area contributed by atoms with Crippen LogP contribution < -0.4 is 15.0 Å². The van der Waals surface area contributed by atoms with Gasteiger partial charge in [0.1, 0.15) is 11.3 Å². The molecular formula is C17H13ClF2N4O3. The van der Waals surface area contributed by atoms with Crippen LogP contribution in [0.2, 0.25) is 5.15 Å². The van der Waals surface area contributed by atoms with Gasteiger partial charge in [-0.25, -0.2) is 9.97 Å². The highest BCUT2D eigenvalue weighted by Crippen LogP contribution is 2.29. The molecule has 7 nitrogen and oxygen atoms in total. The van der Waals surface area contributed by atoms with Crippen LogP contribution >= 0.6 is 11.6 Å². The van der Waals surface area contributed by atoms with Crippen LogP contribution in [-0.2, 0) is 0 Å². The molecule has 1 aromatic carbocycles. The van der Waals surface area contributed by atoms with Gasteiger partial charge in [-0.1, -0.05) is 11.6 Å². The Labute approximate surface area is 156 Å². The first kappa shape index (κ1) is 17.6. The molecule has 0 spiro atoms. The summed E-state index contributed by atoms with van der Waals surface area (Å²) >= 11 is 5.94. The standard InChI is InChI=1S/C17H13ClF2N4O3/c18-13-15(25)24(10-3-5-11(6-4-10)27-16(19)20)14-12(22-13)7-21-17(23-14)26-8-9-1-2-9/h3-7,9,16H,1-2,8H2. The number of halogens is 3. The summed E-state index contributed by atoms with van der Waals surface area (Å²) in [5, 5.41) is -0.259. The number of hydrogen-bond acceptors (Lipinski definition) is 6. The number of hydrogen-bond donors (Lipinski definition) is 0. The summed E-state index contributed by atoms with van der Waals surface area (Å²) in [6.07, 6.45) is 3.64. The number of rotatable bonds is 6. The lowest BCUT2D eigenvalue weighted by Crippen LogP contribution is -2.22. The molecule has 27 heavy (non-hydrogen) atoms. The molecule has 10 heteroatoms. The average molecular weight is 395 g/mol. The van der Waals surface area contributed by atoms with Crippen LogP contribution in [0, 0.1) is 5.92 Å². The Bertz CT molecular complexity index is 1040. The highest BCUT2D eigenvalue weighted by Gasteiger charge is 2.23. The summed E-state index contributed by atoms with van der Waals surface area (Å²) < 4.78 is 35.7. The molecule has 3 aromatic rings. The maximum Gasteiger partial charge on any atom is 0.387 e. The molecule has 140 valence electrons. The van der Waals surface area contributed by atoms with E-state index in [1.807, 2.05) is 0 Å². The highest BCUT2D eigenvalue weighted by atomic mass is 35.5. The van der Waals surface area contributed by atoms with Crippen LogP contribution in [0.15, 0.2) is 35.3 Å². The third kappa shape index (κ3) is 3.82. The Morgan fingerprint density at radius 2 is 1.96 bits per heavy atom. The van der Waals surface area contributed by atoms with Crippen molar-refractivity contribution in [3.05, 3.63) is 46.0 Å². The molecule has 4 rings (SSSR count). The normalized spacial score (nSPS) is 13.9. The van der Waals surface area contributed by atoms with Gasteiger partial charge in [-0.2, -0.15) is 13.8 Å². The predicted octanol–water partition coefficient (Wildman–Crippen LogP) is 3.22. The van der Waals surface area contributed by atoms with Gasteiger partial charge in [0.15, 0.2) is 10.8 Å². The zero-order valence-corrected chi connectivity index (χ0v) is 14.6. The zero-order chi connectivity index (χ0) is 19.0. The van der Waals surface area contributed by atoms with Crippen molar-refractivity contribution in [2.45, 2.75) is 19.5 Å². The third-order valence-corrected chi connectivity index (χ3v) is 4.25. The van der Waals surface area contributed by atoms with Gasteiger partial charge in [-0.15, -0.1) is 0 Å². The van der Waals surface area contributed by atoms with Crippen LogP contribution in [-0.4, -0.2) is 32.7 Å². The molecule has 1 aliphatic rings. The summed E-state index contributed by atoms with van der Waals surface area (Å²) in [6, 6.07) is 5.66. The highest BCUT2D eigenvalue weighted by molar-refractivity contribution is 6.29. The van der Waals surface area contributed by atoms with E-state index in [-0.39, 0.29) is 22.6 Å². The van der Waals surface area contributed by atoms with Crippen molar-refractivity contribution < 1.29 is 18.3 Å². The van der Waals surface area contributed by atoms with Gasteiger partial charge in [0.2, 0.25) is 0 Å². The lowest BCUT2D eigenvalue weighted by Gasteiger charge is -2.11. The Balaban J connectivity index is 1.77. The van der Waals surface area contributed by atoms with Gasteiger partial charge in [0.25, 0.3) is 5.56 Å². The number of alkyl halides is 2. The van der Waals surface area contributed by atoms with Crippen molar-refractivity contribution in [3.8, 4) is 17.4 Å². The molecule has 0 atom stereocenters. The predicted molar refractivity (Wildman–Crippen MR) is 92.8 cm³/mol. The Morgan fingerprint density at radius 1 is 1.22 bits per heavy atom. The van der Waals surface area contributed by atoms with E-state index in [9.17, 15) is 13.6 Å². The zero-order valence-electron chi connectivity index (χ0n) is 13.8. The number of aromatic nitrogens is 4. The topological polar surface area (TPSA) is 79.1 Å². The second-order valence-corrected chi connectivity index (χ2v) is 6.39. The molecule has 0 saturated heterocycles. The number of ether oxygens (including phenoxy) is 2. The van der Waals surface area contributed by atoms with E-state index >= 15 is 0 Å². The number of benzene rings is 1. The average Bonchev–Trinajstić information content (AvgIpc) is 3.46. The summed E-state index contributed by atoms with van der Waals surface area (Å²) in [7, 11) is 0. The van der Waals surface area contributed by atoms with E-state index in [0.717, 1.165) is 12.8 Å². The maximum atomic E-state index is 12.5.